The van der Waals surface area contributed by atoms with Crippen LogP contribution in [-0.2, 0) is 0 Å². The lowest BCUT2D eigenvalue weighted by Crippen LogP contribution is -2.13. The second kappa shape index (κ2) is 5.85. The Hall–Kier alpha value is -2.18. The van der Waals surface area contributed by atoms with Gasteiger partial charge in [-0.1, -0.05) is 23.2 Å². The molecular formula is C12H7Cl2N3O3. The number of pyridine rings is 1. The second-order valence-corrected chi connectivity index (χ2v) is 4.49. The molecule has 0 bridgehead atoms. The third kappa shape index (κ3) is 2.87. The number of hydrogen-bond donors (Lipinski definition) is 1. The summed E-state index contributed by atoms with van der Waals surface area (Å²) in [6, 6.07) is 5.54. The second-order valence-electron chi connectivity index (χ2n) is 3.70. The topological polar surface area (TPSA) is 85.1 Å². The highest BCUT2D eigenvalue weighted by atomic mass is 35.5. The quantitative estimate of drug-likeness (QED) is 0.693. The molecule has 1 aromatic carbocycles. The Bertz CT molecular complexity index is 677. The van der Waals surface area contributed by atoms with Gasteiger partial charge in [0.25, 0.3) is 11.6 Å². The lowest BCUT2D eigenvalue weighted by Gasteiger charge is -2.08. The Kier molecular flexibility index (Phi) is 4.16. The molecule has 0 aliphatic heterocycles. The number of nitro benzene ring substituents is 1. The summed E-state index contributed by atoms with van der Waals surface area (Å²) in [5.41, 5.74) is -0.0427. The number of carbonyl (C=O) groups excluding carboxylic acids is 1. The average molecular weight is 312 g/mol. The highest BCUT2D eigenvalue weighted by Gasteiger charge is 2.23. The number of nitrogens with one attached hydrogen (secondary N) is 1. The van der Waals surface area contributed by atoms with E-state index in [4.69, 9.17) is 23.2 Å². The van der Waals surface area contributed by atoms with Crippen LogP contribution >= 0.6 is 23.2 Å². The zero-order chi connectivity index (χ0) is 14.7. The van der Waals surface area contributed by atoms with Crippen molar-refractivity contribution in [2.24, 2.45) is 0 Å². The van der Waals surface area contributed by atoms with Crippen molar-refractivity contribution in [3.05, 3.63) is 62.4 Å². The molecule has 0 saturated heterocycles. The lowest BCUT2D eigenvalue weighted by molar-refractivity contribution is -0.384. The van der Waals surface area contributed by atoms with Crippen LogP contribution < -0.4 is 5.32 Å². The van der Waals surface area contributed by atoms with E-state index in [2.05, 4.69) is 10.3 Å². The highest BCUT2D eigenvalue weighted by molar-refractivity contribution is 6.41. The highest BCUT2D eigenvalue weighted by Crippen LogP contribution is 2.33. The molecule has 0 unspecified atom stereocenters. The van der Waals surface area contributed by atoms with Crippen LogP contribution in [0.15, 0.2) is 36.7 Å². The standard InChI is InChI=1S/C12H7Cl2N3O3/c13-8-1-2-9(17(19)20)11(14)10(8)12(18)16-7-3-5-15-6-4-7/h1-6H,(H,15,16,18). The van der Waals surface area contributed by atoms with Crippen LogP contribution in [0.4, 0.5) is 11.4 Å². The summed E-state index contributed by atoms with van der Waals surface area (Å²) in [5, 5.41) is 13.1. The number of rotatable bonds is 3. The molecule has 2 aromatic rings. The Balaban J connectivity index is 2.39. The Morgan fingerprint density at radius 3 is 2.45 bits per heavy atom. The van der Waals surface area contributed by atoms with Gasteiger partial charge in [0.2, 0.25) is 0 Å². The third-order valence-electron chi connectivity index (χ3n) is 2.43. The number of hydrogen-bond acceptors (Lipinski definition) is 4. The molecule has 0 saturated carbocycles. The molecule has 102 valence electrons. The molecular weight excluding hydrogens is 305 g/mol. The van der Waals surface area contributed by atoms with Crippen LogP contribution in [0.2, 0.25) is 10.0 Å². The van der Waals surface area contributed by atoms with Crippen LogP contribution in [0, 0.1) is 10.1 Å². The first-order valence-electron chi connectivity index (χ1n) is 5.34. The molecule has 1 amide bonds. The molecule has 6 nitrogen and oxygen atoms in total. The van der Waals surface area contributed by atoms with Gasteiger partial charge in [0.05, 0.1) is 15.5 Å². The fraction of sp³-hybridized carbons (Fsp3) is 0. The van der Waals surface area contributed by atoms with Gasteiger partial charge in [-0.05, 0) is 18.2 Å². The largest absolute Gasteiger partial charge is 0.322 e. The van der Waals surface area contributed by atoms with Crippen molar-refractivity contribution in [1.29, 1.82) is 0 Å². The number of anilines is 1. The molecule has 8 heteroatoms. The number of nitro groups is 1. The first-order chi connectivity index (χ1) is 9.50. The number of aromatic nitrogens is 1. The van der Waals surface area contributed by atoms with E-state index in [0.29, 0.717) is 5.69 Å². The van der Waals surface area contributed by atoms with Crippen molar-refractivity contribution in [3.8, 4) is 0 Å². The summed E-state index contributed by atoms with van der Waals surface area (Å²) in [5.74, 6) is -0.630. The minimum atomic E-state index is -0.679. The molecule has 1 N–H and O–H groups in total. The summed E-state index contributed by atoms with van der Waals surface area (Å²) in [7, 11) is 0. The number of benzene rings is 1. The van der Waals surface area contributed by atoms with Gasteiger partial charge >= 0.3 is 0 Å². The predicted octanol–water partition coefficient (Wildman–Crippen LogP) is 3.55. The van der Waals surface area contributed by atoms with E-state index in [9.17, 15) is 14.9 Å². The van der Waals surface area contributed by atoms with Crippen molar-refractivity contribution in [2.75, 3.05) is 5.32 Å². The minimum Gasteiger partial charge on any atom is -0.322 e. The maximum atomic E-state index is 12.1. The average Bonchev–Trinajstić information content (AvgIpc) is 2.39. The van der Waals surface area contributed by atoms with Crippen LogP contribution in [0.25, 0.3) is 0 Å². The van der Waals surface area contributed by atoms with Crippen molar-refractivity contribution in [1.82, 2.24) is 4.98 Å². The minimum absolute atomic E-state index is 0.0344. The van der Waals surface area contributed by atoms with Crippen molar-refractivity contribution < 1.29 is 9.72 Å². The van der Waals surface area contributed by atoms with E-state index in [-0.39, 0.29) is 21.3 Å². The number of carbonyl (C=O) groups is 1. The molecule has 0 aliphatic rings. The van der Waals surface area contributed by atoms with Gasteiger partial charge < -0.3 is 5.32 Å². The molecule has 0 spiro atoms. The first-order valence-corrected chi connectivity index (χ1v) is 6.10. The number of halogens is 2. The molecule has 0 atom stereocenters. The van der Waals surface area contributed by atoms with Gasteiger partial charge in [0, 0.05) is 24.1 Å². The fourth-order valence-corrected chi connectivity index (χ4v) is 2.13. The van der Waals surface area contributed by atoms with Crippen molar-refractivity contribution in [3.63, 3.8) is 0 Å². The van der Waals surface area contributed by atoms with E-state index in [1.54, 1.807) is 12.1 Å². The molecule has 2 rings (SSSR count). The number of amides is 1. The van der Waals surface area contributed by atoms with Gasteiger partial charge in [-0.2, -0.15) is 0 Å². The van der Waals surface area contributed by atoms with E-state index in [1.165, 1.54) is 18.5 Å². The van der Waals surface area contributed by atoms with Gasteiger partial charge in [-0.15, -0.1) is 0 Å². The van der Waals surface area contributed by atoms with Gasteiger partial charge in [0.1, 0.15) is 5.02 Å². The van der Waals surface area contributed by atoms with E-state index < -0.39 is 10.8 Å². The fourth-order valence-electron chi connectivity index (χ4n) is 1.52. The van der Waals surface area contributed by atoms with E-state index >= 15 is 0 Å². The lowest BCUT2D eigenvalue weighted by atomic mass is 10.1. The Morgan fingerprint density at radius 1 is 1.20 bits per heavy atom. The predicted molar refractivity (Wildman–Crippen MR) is 75.3 cm³/mol. The normalized spacial score (nSPS) is 10.1. The monoisotopic (exact) mass is 311 g/mol. The molecule has 0 radical (unpaired) electrons. The Labute approximate surface area is 123 Å². The van der Waals surface area contributed by atoms with Crippen molar-refractivity contribution in [2.45, 2.75) is 0 Å². The maximum absolute atomic E-state index is 12.1. The van der Waals surface area contributed by atoms with Gasteiger partial charge in [-0.25, -0.2) is 0 Å². The van der Waals surface area contributed by atoms with Crippen molar-refractivity contribution >= 4 is 40.5 Å². The summed E-state index contributed by atoms with van der Waals surface area (Å²) < 4.78 is 0. The van der Waals surface area contributed by atoms with E-state index in [1.807, 2.05) is 0 Å². The summed E-state index contributed by atoms with van der Waals surface area (Å²) in [6.45, 7) is 0. The third-order valence-corrected chi connectivity index (χ3v) is 3.13. The van der Waals surface area contributed by atoms with E-state index in [0.717, 1.165) is 6.07 Å². The molecule has 0 aliphatic carbocycles. The smallest absolute Gasteiger partial charge is 0.288 e. The molecule has 0 fully saturated rings. The zero-order valence-electron chi connectivity index (χ0n) is 9.84. The maximum Gasteiger partial charge on any atom is 0.288 e. The Morgan fingerprint density at radius 2 is 1.85 bits per heavy atom. The molecule has 1 aromatic heterocycles. The number of nitrogens with zero attached hydrogens (tertiary/aromatic N) is 2. The van der Waals surface area contributed by atoms with Crippen LogP contribution in [0.1, 0.15) is 10.4 Å². The van der Waals surface area contributed by atoms with Crippen LogP contribution in [0.5, 0.6) is 0 Å². The molecule has 1 heterocycles. The van der Waals surface area contributed by atoms with Crippen LogP contribution in [0.3, 0.4) is 0 Å². The van der Waals surface area contributed by atoms with Gasteiger partial charge in [0.15, 0.2) is 0 Å². The summed E-state index contributed by atoms with van der Waals surface area (Å²) >= 11 is 11.8. The zero-order valence-corrected chi connectivity index (χ0v) is 11.4. The SMILES string of the molecule is O=C(Nc1ccncc1)c1c(Cl)ccc([N+](=O)[O-])c1Cl. The molecule has 20 heavy (non-hydrogen) atoms. The first kappa shape index (κ1) is 14.2. The summed E-state index contributed by atoms with van der Waals surface area (Å²) in [6.07, 6.45) is 2.98. The summed E-state index contributed by atoms with van der Waals surface area (Å²) in [4.78, 5) is 26.0. The van der Waals surface area contributed by atoms with Gasteiger partial charge in [-0.3, -0.25) is 19.9 Å². The van der Waals surface area contributed by atoms with Crippen LogP contribution in [-0.4, -0.2) is 15.8 Å².